The summed E-state index contributed by atoms with van der Waals surface area (Å²) in [6.07, 6.45) is 6.14. The van der Waals surface area contributed by atoms with Crippen LogP contribution in [0.3, 0.4) is 0 Å². The first kappa shape index (κ1) is 6.56. The molecule has 0 saturated carbocycles. The molecule has 0 amide bonds. The number of aliphatic hydroxyl groups excluding tert-OH is 1. The van der Waals surface area contributed by atoms with Crippen LogP contribution in [0.15, 0.2) is 23.3 Å². The summed E-state index contributed by atoms with van der Waals surface area (Å²) >= 11 is 0. The molecule has 0 heterocycles. The lowest BCUT2D eigenvalue weighted by Gasteiger charge is -1.96. The Labute approximate surface area is 55.7 Å². The van der Waals surface area contributed by atoms with Crippen LogP contribution in [0.4, 0.5) is 0 Å². The van der Waals surface area contributed by atoms with Gasteiger partial charge in [0.25, 0.3) is 0 Å². The Kier molecular flexibility index (Phi) is 2.06. The van der Waals surface area contributed by atoms with Crippen molar-refractivity contribution in [3.05, 3.63) is 23.3 Å². The Morgan fingerprint density at radius 1 is 1.67 bits per heavy atom. The SMILES string of the molecule is CC1=C(CCO)C=CC1. The van der Waals surface area contributed by atoms with Crippen LogP contribution in [0.25, 0.3) is 0 Å². The first-order valence-corrected chi connectivity index (χ1v) is 3.30. The molecule has 9 heavy (non-hydrogen) atoms. The minimum atomic E-state index is 0.275. The van der Waals surface area contributed by atoms with Crippen LogP contribution in [0, 0.1) is 0 Å². The van der Waals surface area contributed by atoms with Crippen molar-refractivity contribution in [3.8, 4) is 0 Å². The Morgan fingerprint density at radius 2 is 2.44 bits per heavy atom. The summed E-state index contributed by atoms with van der Waals surface area (Å²) in [5, 5.41) is 8.58. The number of rotatable bonds is 2. The summed E-state index contributed by atoms with van der Waals surface area (Å²) in [6.45, 7) is 2.39. The van der Waals surface area contributed by atoms with Crippen LogP contribution in [0.2, 0.25) is 0 Å². The summed E-state index contributed by atoms with van der Waals surface area (Å²) in [6, 6.07) is 0. The van der Waals surface area contributed by atoms with Gasteiger partial charge >= 0.3 is 0 Å². The van der Waals surface area contributed by atoms with E-state index in [1.807, 2.05) is 0 Å². The average Bonchev–Trinajstić information content (AvgIpc) is 2.18. The minimum absolute atomic E-state index is 0.275. The Hall–Kier alpha value is -0.560. The molecule has 1 aliphatic carbocycles. The van der Waals surface area contributed by atoms with Crippen LogP contribution >= 0.6 is 0 Å². The number of aliphatic hydroxyl groups is 1. The van der Waals surface area contributed by atoms with Crippen LogP contribution in [-0.2, 0) is 0 Å². The molecule has 50 valence electrons. The molecular formula is C8H12O. The highest BCUT2D eigenvalue weighted by Crippen LogP contribution is 2.19. The third-order valence-electron chi connectivity index (χ3n) is 1.67. The molecule has 1 heteroatoms. The molecular weight excluding hydrogens is 112 g/mol. The third kappa shape index (κ3) is 1.42. The van der Waals surface area contributed by atoms with Crippen molar-refractivity contribution in [1.29, 1.82) is 0 Å². The third-order valence-corrected chi connectivity index (χ3v) is 1.67. The summed E-state index contributed by atoms with van der Waals surface area (Å²) in [5.74, 6) is 0. The molecule has 1 nitrogen and oxygen atoms in total. The van der Waals surface area contributed by atoms with Crippen molar-refractivity contribution in [2.45, 2.75) is 19.8 Å². The Balaban J connectivity index is 2.54. The molecule has 1 N–H and O–H groups in total. The van der Waals surface area contributed by atoms with E-state index < -0.39 is 0 Å². The molecule has 0 fully saturated rings. The molecule has 0 aromatic heterocycles. The summed E-state index contributed by atoms with van der Waals surface area (Å²) in [7, 11) is 0. The first-order chi connectivity index (χ1) is 4.34. The van der Waals surface area contributed by atoms with E-state index in [4.69, 9.17) is 5.11 Å². The number of allylic oxidation sites excluding steroid dienone is 3. The van der Waals surface area contributed by atoms with E-state index in [0.717, 1.165) is 12.8 Å². The minimum Gasteiger partial charge on any atom is -0.396 e. The highest BCUT2D eigenvalue weighted by molar-refractivity contribution is 5.32. The smallest absolute Gasteiger partial charge is 0.0471 e. The standard InChI is InChI=1S/C8H12O/c1-7-3-2-4-8(7)5-6-9/h2,4,9H,3,5-6H2,1H3. The quantitative estimate of drug-likeness (QED) is 0.593. The fourth-order valence-corrected chi connectivity index (χ4v) is 1.07. The van der Waals surface area contributed by atoms with Crippen LogP contribution in [-0.4, -0.2) is 11.7 Å². The van der Waals surface area contributed by atoms with Gasteiger partial charge in [-0.05, 0) is 25.3 Å². The number of hydrogen-bond acceptors (Lipinski definition) is 1. The normalized spacial score (nSPS) is 17.6. The molecule has 0 radical (unpaired) electrons. The molecule has 0 aliphatic heterocycles. The topological polar surface area (TPSA) is 20.2 Å². The van der Waals surface area contributed by atoms with Gasteiger partial charge < -0.3 is 5.11 Å². The van der Waals surface area contributed by atoms with Crippen LogP contribution in [0.5, 0.6) is 0 Å². The van der Waals surface area contributed by atoms with Crippen LogP contribution < -0.4 is 0 Å². The maximum atomic E-state index is 8.58. The molecule has 0 aromatic rings. The molecule has 0 aromatic carbocycles. The zero-order valence-electron chi connectivity index (χ0n) is 5.72. The summed E-state index contributed by atoms with van der Waals surface area (Å²) in [4.78, 5) is 0. The maximum Gasteiger partial charge on any atom is 0.0471 e. The largest absolute Gasteiger partial charge is 0.396 e. The Bertz CT molecular complexity index is 154. The monoisotopic (exact) mass is 124 g/mol. The first-order valence-electron chi connectivity index (χ1n) is 3.30. The number of hydrogen-bond donors (Lipinski definition) is 1. The van der Waals surface area contributed by atoms with Gasteiger partial charge in [0.1, 0.15) is 0 Å². The van der Waals surface area contributed by atoms with Crippen molar-refractivity contribution in [1.82, 2.24) is 0 Å². The molecule has 1 rings (SSSR count). The van der Waals surface area contributed by atoms with E-state index in [0.29, 0.717) is 0 Å². The zero-order valence-corrected chi connectivity index (χ0v) is 5.72. The Morgan fingerprint density at radius 3 is 2.89 bits per heavy atom. The van der Waals surface area contributed by atoms with E-state index in [2.05, 4.69) is 19.1 Å². The lowest BCUT2D eigenvalue weighted by molar-refractivity contribution is 0.300. The van der Waals surface area contributed by atoms with Crippen LogP contribution in [0.1, 0.15) is 19.8 Å². The van der Waals surface area contributed by atoms with E-state index in [-0.39, 0.29) is 6.61 Å². The average molecular weight is 124 g/mol. The van der Waals surface area contributed by atoms with Crippen molar-refractivity contribution < 1.29 is 5.11 Å². The molecule has 0 bridgehead atoms. The van der Waals surface area contributed by atoms with Gasteiger partial charge in [-0.15, -0.1) is 0 Å². The molecule has 1 aliphatic rings. The van der Waals surface area contributed by atoms with Crippen molar-refractivity contribution in [3.63, 3.8) is 0 Å². The zero-order chi connectivity index (χ0) is 6.69. The highest BCUT2D eigenvalue weighted by Gasteiger charge is 2.01. The van der Waals surface area contributed by atoms with Gasteiger partial charge in [0, 0.05) is 6.61 Å². The van der Waals surface area contributed by atoms with Gasteiger partial charge in [-0.25, -0.2) is 0 Å². The fraction of sp³-hybridized carbons (Fsp3) is 0.500. The molecule has 0 spiro atoms. The van der Waals surface area contributed by atoms with Crippen molar-refractivity contribution in [2.24, 2.45) is 0 Å². The van der Waals surface area contributed by atoms with Gasteiger partial charge in [0.05, 0.1) is 0 Å². The maximum absolute atomic E-state index is 8.58. The summed E-state index contributed by atoms with van der Waals surface area (Å²) in [5.41, 5.74) is 2.72. The van der Waals surface area contributed by atoms with Crippen molar-refractivity contribution in [2.75, 3.05) is 6.61 Å². The second-order valence-corrected chi connectivity index (χ2v) is 2.39. The fourth-order valence-electron chi connectivity index (χ4n) is 1.07. The van der Waals surface area contributed by atoms with E-state index in [1.54, 1.807) is 0 Å². The molecule has 0 unspecified atom stereocenters. The van der Waals surface area contributed by atoms with E-state index in [9.17, 15) is 0 Å². The van der Waals surface area contributed by atoms with Gasteiger partial charge in [0.15, 0.2) is 0 Å². The van der Waals surface area contributed by atoms with E-state index >= 15 is 0 Å². The highest BCUT2D eigenvalue weighted by atomic mass is 16.2. The molecule has 0 atom stereocenters. The lowest BCUT2D eigenvalue weighted by atomic mass is 10.1. The second-order valence-electron chi connectivity index (χ2n) is 2.39. The van der Waals surface area contributed by atoms with Gasteiger partial charge in [-0.2, -0.15) is 0 Å². The van der Waals surface area contributed by atoms with E-state index in [1.165, 1.54) is 11.1 Å². The summed E-state index contributed by atoms with van der Waals surface area (Å²) < 4.78 is 0. The van der Waals surface area contributed by atoms with Gasteiger partial charge in [0.2, 0.25) is 0 Å². The van der Waals surface area contributed by atoms with Gasteiger partial charge in [-0.1, -0.05) is 17.7 Å². The second kappa shape index (κ2) is 2.83. The lowest BCUT2D eigenvalue weighted by Crippen LogP contribution is -1.85. The predicted molar refractivity (Wildman–Crippen MR) is 38.2 cm³/mol. The molecule has 0 saturated heterocycles. The predicted octanol–water partition coefficient (Wildman–Crippen LogP) is 1.65. The van der Waals surface area contributed by atoms with Gasteiger partial charge in [-0.3, -0.25) is 0 Å². The van der Waals surface area contributed by atoms with Crippen molar-refractivity contribution >= 4 is 0 Å².